The lowest BCUT2D eigenvalue weighted by Crippen LogP contribution is -2.11. The lowest BCUT2D eigenvalue weighted by atomic mass is 9.94. The van der Waals surface area contributed by atoms with E-state index >= 15 is 0 Å². The van der Waals surface area contributed by atoms with Crippen molar-refractivity contribution in [1.29, 1.82) is 26.3 Å². The van der Waals surface area contributed by atoms with E-state index in [0.717, 1.165) is 16.2 Å². The van der Waals surface area contributed by atoms with Crippen LogP contribution in [0, 0.1) is 56.7 Å². The number of para-hydroxylation sites is 2. The Balaban J connectivity index is 1.32. The van der Waals surface area contributed by atoms with Crippen LogP contribution in [0.5, 0.6) is 0 Å². The number of aromatic nitrogens is 2. The maximum atomic E-state index is 14.4. The molecule has 0 aliphatic rings. The Morgan fingerprint density at radius 3 is 1.13 bits per heavy atom. The van der Waals surface area contributed by atoms with Crippen molar-refractivity contribution in [3.05, 3.63) is 191 Å². The summed E-state index contributed by atoms with van der Waals surface area (Å²) in [5, 5.41) is 52.7. The van der Waals surface area contributed by atoms with E-state index in [1.807, 2.05) is 81.9 Å². The van der Waals surface area contributed by atoms with Crippen molar-refractivity contribution in [2.24, 2.45) is 0 Å². The molecule has 0 spiro atoms. The summed E-state index contributed by atoms with van der Waals surface area (Å²) >= 11 is 0. The smallest absolute Gasteiger partial charge is 0.307 e. The van der Waals surface area contributed by atoms with E-state index in [1.165, 1.54) is 24.3 Å². The summed E-state index contributed by atoms with van der Waals surface area (Å²) in [5.74, 6) is 0. The second-order valence-electron chi connectivity index (χ2n) is 16.0. The van der Waals surface area contributed by atoms with Gasteiger partial charge in [-0.05, 0) is 131 Å². The number of hydrogen-bond donors (Lipinski definition) is 0. The minimum Gasteiger partial charge on any atom is -0.307 e. The van der Waals surface area contributed by atoms with E-state index in [9.17, 15) is 52.7 Å². The lowest BCUT2D eigenvalue weighted by molar-refractivity contribution is -0.143. The van der Waals surface area contributed by atoms with Crippen LogP contribution in [0.1, 0.15) is 38.9 Å². The molecule has 10 aromatic rings. The van der Waals surface area contributed by atoms with Crippen molar-refractivity contribution < 1.29 is 26.3 Å². The number of hydrogen-bond acceptors (Lipinski definition) is 5. The van der Waals surface area contributed by atoms with Gasteiger partial charge in [-0.1, -0.05) is 48.5 Å². The van der Waals surface area contributed by atoms with Gasteiger partial charge in [-0.25, -0.2) is 0 Å². The molecule has 7 nitrogen and oxygen atoms in total. The first-order valence-corrected chi connectivity index (χ1v) is 20.6. The predicted octanol–water partition coefficient (Wildman–Crippen LogP) is 14.3. The third kappa shape index (κ3) is 7.07. The number of rotatable bonds is 5. The lowest BCUT2D eigenvalue weighted by Gasteiger charge is -2.20. The highest BCUT2D eigenvalue weighted by molar-refractivity contribution is 6.13. The normalized spacial score (nSPS) is 11.6. The summed E-state index contributed by atoms with van der Waals surface area (Å²) in [7, 11) is 0. The van der Waals surface area contributed by atoms with Crippen LogP contribution < -0.4 is 0 Å². The van der Waals surface area contributed by atoms with Crippen molar-refractivity contribution in [1.82, 2.24) is 9.13 Å². The van der Waals surface area contributed by atoms with Gasteiger partial charge < -0.3 is 9.13 Å². The molecule has 10 rings (SSSR count). The Labute approximate surface area is 382 Å². The largest absolute Gasteiger partial charge is 0.416 e. The highest BCUT2D eigenvalue weighted by Gasteiger charge is 2.37. The number of benzene rings is 8. The summed E-state index contributed by atoms with van der Waals surface area (Å²) in [6.07, 6.45) is -10.3. The third-order valence-electron chi connectivity index (χ3n) is 12.0. The summed E-state index contributed by atoms with van der Waals surface area (Å²) in [5.41, 5.74) is 2.87. The van der Waals surface area contributed by atoms with Gasteiger partial charge in [-0.2, -0.15) is 52.7 Å². The zero-order valence-corrected chi connectivity index (χ0v) is 34.8. The van der Waals surface area contributed by atoms with Gasteiger partial charge >= 0.3 is 12.4 Å². The van der Waals surface area contributed by atoms with E-state index in [2.05, 4.69) is 30.3 Å². The molecule has 0 unspecified atom stereocenters. The molecule has 0 saturated carbocycles. The molecule has 0 radical (unpaired) electrons. The van der Waals surface area contributed by atoms with Crippen molar-refractivity contribution in [2.75, 3.05) is 0 Å². The first-order valence-electron chi connectivity index (χ1n) is 20.6. The summed E-state index contributed by atoms with van der Waals surface area (Å²) in [4.78, 5) is 0. The van der Waals surface area contributed by atoms with E-state index in [1.54, 1.807) is 36.4 Å². The molecule has 0 aliphatic heterocycles. The molecule has 0 saturated heterocycles. The fourth-order valence-electron chi connectivity index (χ4n) is 9.05. The van der Waals surface area contributed by atoms with E-state index in [0.29, 0.717) is 84.3 Å². The molecule has 13 heteroatoms. The minimum atomic E-state index is -5.16. The fourth-order valence-corrected chi connectivity index (χ4v) is 9.05. The molecule has 0 N–H and O–H groups in total. The Morgan fingerprint density at radius 1 is 0.338 bits per heavy atom. The first kappa shape index (κ1) is 42.3. The van der Waals surface area contributed by atoms with E-state index < -0.39 is 29.0 Å². The average Bonchev–Trinajstić information content (AvgIpc) is 3.86. The van der Waals surface area contributed by atoms with Crippen LogP contribution in [0.4, 0.5) is 26.3 Å². The maximum absolute atomic E-state index is 14.4. The molecule has 0 fully saturated rings. The highest BCUT2D eigenvalue weighted by atomic mass is 19.4. The number of halogens is 6. The van der Waals surface area contributed by atoms with Gasteiger partial charge in [0, 0.05) is 27.1 Å². The quantitative estimate of drug-likeness (QED) is 0.159. The third-order valence-corrected chi connectivity index (χ3v) is 12.0. The molecule has 0 amide bonds. The molecular weight excluding hydrogens is 873 g/mol. The molecule has 2 aromatic heterocycles. The van der Waals surface area contributed by atoms with Gasteiger partial charge in [0.25, 0.3) is 0 Å². The number of nitrogens with zero attached hydrogens (tertiary/aromatic N) is 7. The van der Waals surface area contributed by atoms with E-state index in [-0.39, 0.29) is 28.3 Å². The molecule has 0 atom stereocenters. The average molecular weight is 898 g/mol. The van der Waals surface area contributed by atoms with Crippen molar-refractivity contribution in [3.63, 3.8) is 0 Å². The van der Waals surface area contributed by atoms with Crippen LogP contribution in [0.2, 0.25) is 0 Å². The van der Waals surface area contributed by atoms with Crippen LogP contribution in [-0.2, 0) is 12.4 Å². The summed E-state index contributed by atoms with van der Waals surface area (Å²) in [6.45, 7) is 0. The van der Waals surface area contributed by atoms with Crippen molar-refractivity contribution in [2.45, 2.75) is 12.4 Å². The topological polar surface area (TPSA) is 129 Å². The number of fused-ring (bicyclic) bond motifs is 6. The first-order chi connectivity index (χ1) is 32.7. The molecule has 68 heavy (non-hydrogen) atoms. The molecule has 8 aromatic carbocycles. The van der Waals surface area contributed by atoms with Crippen molar-refractivity contribution in [3.8, 4) is 75.1 Å². The highest BCUT2D eigenvalue weighted by Crippen LogP contribution is 2.45. The SMILES string of the molecule is N#Cc1cc(C#N)cc(-c2ccc3c(c2)c2ccccc2n3-c2cc(C#N)c(-c3cc(C(F)(F)F)cc(C(F)(F)F)c3)cc2-n2c3ccccc3c3cc(-c4cc(C#N)cc(C#N)c4)ccc32)c1. The van der Waals surface area contributed by atoms with Gasteiger partial charge in [0.15, 0.2) is 0 Å². The maximum Gasteiger partial charge on any atom is 0.416 e. The Morgan fingerprint density at radius 2 is 0.735 bits per heavy atom. The second-order valence-corrected chi connectivity index (χ2v) is 16.0. The minimum absolute atomic E-state index is 0.0469. The summed E-state index contributed by atoms with van der Waals surface area (Å²) in [6, 6.07) is 50.1. The standard InChI is InChI=1S/C55H25F6N7/c56-54(57,58)41-19-39(20-42(24-41)55(59,60)61)45-25-53(68-49-8-4-2-6-44(49)47-22-36(10-12-51(47)68)38-17-33(28-64)14-34(18-38)29-65)52(23-40(45)30-66)67-48-7-3-1-5-43(48)46-21-35(9-11-50(46)67)37-15-31(26-62)13-32(16-37)27-63/h1-25H. The second kappa shape index (κ2) is 15.8. The molecular formula is C55H25F6N7. The van der Waals surface area contributed by atoms with Crippen LogP contribution in [0.25, 0.3) is 88.4 Å². The number of alkyl halides is 6. The molecule has 0 aliphatic carbocycles. The molecule has 2 heterocycles. The van der Waals surface area contributed by atoms with Gasteiger partial charge in [-0.3, -0.25) is 0 Å². The van der Waals surface area contributed by atoms with Crippen LogP contribution in [0.3, 0.4) is 0 Å². The Bertz CT molecular complexity index is 3930. The van der Waals surface area contributed by atoms with Gasteiger partial charge in [0.2, 0.25) is 0 Å². The fraction of sp³-hybridized carbons (Fsp3) is 0.0364. The van der Waals surface area contributed by atoms with Crippen molar-refractivity contribution >= 4 is 43.6 Å². The summed E-state index contributed by atoms with van der Waals surface area (Å²) < 4.78 is 90.1. The zero-order valence-electron chi connectivity index (χ0n) is 34.8. The van der Waals surface area contributed by atoms with E-state index in [4.69, 9.17) is 0 Å². The van der Waals surface area contributed by atoms with Gasteiger partial charge in [0.1, 0.15) is 0 Å². The van der Waals surface area contributed by atoms with Crippen LogP contribution in [-0.4, -0.2) is 9.13 Å². The monoisotopic (exact) mass is 897 g/mol. The van der Waals surface area contributed by atoms with Gasteiger partial charge in [0.05, 0.1) is 103 Å². The Kier molecular flexibility index (Phi) is 9.85. The molecule has 322 valence electrons. The van der Waals surface area contributed by atoms with Crippen LogP contribution in [0.15, 0.2) is 152 Å². The molecule has 0 bridgehead atoms. The predicted molar refractivity (Wildman–Crippen MR) is 245 cm³/mol. The zero-order chi connectivity index (χ0) is 47.6. The van der Waals surface area contributed by atoms with Gasteiger partial charge in [-0.15, -0.1) is 0 Å². The number of nitriles is 5. The van der Waals surface area contributed by atoms with Crippen LogP contribution >= 0.6 is 0 Å². The Hall–Kier alpha value is -9.61.